The van der Waals surface area contributed by atoms with E-state index in [9.17, 15) is 22.8 Å². The fourth-order valence-electron chi connectivity index (χ4n) is 2.50. The molecule has 8 heteroatoms. The zero-order valence-corrected chi connectivity index (χ0v) is 14.8. The Hall–Kier alpha value is -2.87. The van der Waals surface area contributed by atoms with Gasteiger partial charge >= 0.3 is 6.18 Å². The van der Waals surface area contributed by atoms with Crippen LogP contribution in [-0.2, 0) is 22.3 Å². The van der Waals surface area contributed by atoms with Gasteiger partial charge in [-0.25, -0.2) is 0 Å². The number of hydrogen-bond donors (Lipinski definition) is 1. The van der Waals surface area contributed by atoms with Gasteiger partial charge in [-0.1, -0.05) is 24.3 Å². The highest BCUT2D eigenvalue weighted by molar-refractivity contribution is 5.99. The van der Waals surface area contributed by atoms with Crippen LogP contribution >= 0.6 is 0 Å². The number of rotatable bonds is 6. The molecule has 0 aliphatic heterocycles. The van der Waals surface area contributed by atoms with Gasteiger partial charge in [0.1, 0.15) is 0 Å². The van der Waals surface area contributed by atoms with Crippen LogP contribution in [0.5, 0.6) is 0 Å². The molecule has 2 aromatic carbocycles. The van der Waals surface area contributed by atoms with Crippen molar-refractivity contribution in [2.24, 2.45) is 0 Å². The SMILES string of the molecule is COCc1cccc(C(=O)N(C)CC(=O)Nc2ccccc2C(F)(F)F)c1. The molecule has 0 saturated carbocycles. The number of methoxy groups -OCH3 is 1. The summed E-state index contributed by atoms with van der Waals surface area (Å²) in [6, 6.07) is 11.4. The molecule has 0 aliphatic carbocycles. The van der Waals surface area contributed by atoms with E-state index >= 15 is 0 Å². The Balaban J connectivity index is 2.06. The fraction of sp³-hybridized carbons (Fsp3) is 0.263. The molecule has 0 atom stereocenters. The number of halogens is 3. The molecule has 5 nitrogen and oxygen atoms in total. The minimum absolute atomic E-state index is 0.333. The molecule has 1 N–H and O–H groups in total. The number of likely N-dealkylation sites (N-methyl/N-ethyl adjacent to an activating group) is 1. The van der Waals surface area contributed by atoms with Crippen molar-refractivity contribution in [3.8, 4) is 0 Å². The van der Waals surface area contributed by atoms with Crippen LogP contribution in [0.4, 0.5) is 18.9 Å². The number of alkyl halides is 3. The maximum atomic E-state index is 13.0. The molecule has 144 valence electrons. The second-order valence-corrected chi connectivity index (χ2v) is 5.89. The van der Waals surface area contributed by atoms with E-state index in [1.807, 2.05) is 0 Å². The van der Waals surface area contributed by atoms with Crippen molar-refractivity contribution in [3.05, 3.63) is 65.2 Å². The monoisotopic (exact) mass is 380 g/mol. The highest BCUT2D eigenvalue weighted by atomic mass is 19.4. The van der Waals surface area contributed by atoms with Crippen molar-refractivity contribution in [2.45, 2.75) is 12.8 Å². The zero-order chi connectivity index (χ0) is 20.0. The van der Waals surface area contributed by atoms with E-state index in [4.69, 9.17) is 4.74 Å². The third-order valence-corrected chi connectivity index (χ3v) is 3.72. The van der Waals surface area contributed by atoms with Crippen LogP contribution in [0.1, 0.15) is 21.5 Å². The van der Waals surface area contributed by atoms with Crippen LogP contribution in [0.2, 0.25) is 0 Å². The molecule has 2 rings (SSSR count). The number of anilines is 1. The van der Waals surface area contributed by atoms with Crippen molar-refractivity contribution in [3.63, 3.8) is 0 Å². The topological polar surface area (TPSA) is 58.6 Å². The van der Waals surface area contributed by atoms with Crippen molar-refractivity contribution in [1.82, 2.24) is 4.90 Å². The van der Waals surface area contributed by atoms with E-state index in [1.165, 1.54) is 26.3 Å². The molecule has 0 spiro atoms. The number of carbonyl (C=O) groups excluding carboxylic acids is 2. The maximum absolute atomic E-state index is 13.0. The highest BCUT2D eigenvalue weighted by Crippen LogP contribution is 2.34. The largest absolute Gasteiger partial charge is 0.418 e. The Kier molecular flexibility index (Phi) is 6.57. The van der Waals surface area contributed by atoms with Gasteiger partial charge in [0.05, 0.1) is 24.4 Å². The van der Waals surface area contributed by atoms with Crippen molar-refractivity contribution < 1.29 is 27.5 Å². The number of amides is 2. The lowest BCUT2D eigenvalue weighted by Gasteiger charge is -2.18. The van der Waals surface area contributed by atoms with Gasteiger partial charge < -0.3 is 15.0 Å². The molecule has 0 aliphatic rings. The molecule has 0 unspecified atom stereocenters. The lowest BCUT2D eigenvalue weighted by atomic mass is 10.1. The minimum atomic E-state index is -4.59. The van der Waals surface area contributed by atoms with Gasteiger partial charge in [-0.05, 0) is 29.8 Å². The summed E-state index contributed by atoms with van der Waals surface area (Å²) >= 11 is 0. The first-order valence-corrected chi connectivity index (χ1v) is 8.01. The second kappa shape index (κ2) is 8.68. The summed E-state index contributed by atoms with van der Waals surface area (Å²) in [7, 11) is 2.93. The summed E-state index contributed by atoms with van der Waals surface area (Å²) in [6.07, 6.45) is -4.59. The Morgan fingerprint density at radius 2 is 1.81 bits per heavy atom. The summed E-state index contributed by atoms with van der Waals surface area (Å²) < 4.78 is 44.0. The first-order valence-electron chi connectivity index (χ1n) is 8.01. The van der Waals surface area contributed by atoms with Crippen molar-refractivity contribution in [2.75, 3.05) is 26.0 Å². The van der Waals surface area contributed by atoms with Gasteiger partial charge in [-0.3, -0.25) is 9.59 Å². The molecule has 2 aromatic rings. The Morgan fingerprint density at radius 3 is 2.48 bits per heavy atom. The van der Waals surface area contributed by atoms with Crippen LogP contribution in [0.3, 0.4) is 0 Å². The fourth-order valence-corrected chi connectivity index (χ4v) is 2.50. The van der Waals surface area contributed by atoms with Crippen LogP contribution in [0, 0.1) is 0 Å². The second-order valence-electron chi connectivity index (χ2n) is 5.89. The number of para-hydroxylation sites is 1. The van der Waals surface area contributed by atoms with Crippen molar-refractivity contribution in [1.29, 1.82) is 0 Å². The van der Waals surface area contributed by atoms with E-state index in [2.05, 4.69) is 5.32 Å². The maximum Gasteiger partial charge on any atom is 0.418 e. The number of carbonyl (C=O) groups is 2. The summed E-state index contributed by atoms with van der Waals surface area (Å²) in [5, 5.41) is 2.21. The highest BCUT2D eigenvalue weighted by Gasteiger charge is 2.33. The molecule has 0 radical (unpaired) electrons. The molecular weight excluding hydrogens is 361 g/mol. The quantitative estimate of drug-likeness (QED) is 0.834. The minimum Gasteiger partial charge on any atom is -0.380 e. The normalized spacial score (nSPS) is 11.1. The lowest BCUT2D eigenvalue weighted by molar-refractivity contribution is -0.137. The molecular formula is C19H19F3N2O3. The van der Waals surface area contributed by atoms with Crippen LogP contribution in [-0.4, -0.2) is 37.4 Å². The van der Waals surface area contributed by atoms with Gasteiger partial charge in [0, 0.05) is 19.7 Å². The number of nitrogens with zero attached hydrogens (tertiary/aromatic N) is 1. The third kappa shape index (κ3) is 5.55. The molecule has 0 heterocycles. The number of benzene rings is 2. The van der Waals surface area contributed by atoms with E-state index in [-0.39, 0.29) is 12.2 Å². The van der Waals surface area contributed by atoms with Crippen LogP contribution in [0.15, 0.2) is 48.5 Å². The summed E-state index contributed by atoms with van der Waals surface area (Å²) in [5.41, 5.74) is -0.145. The van der Waals surface area contributed by atoms with E-state index < -0.39 is 23.6 Å². The molecule has 0 bridgehead atoms. The van der Waals surface area contributed by atoms with Gasteiger partial charge in [-0.2, -0.15) is 13.2 Å². The predicted octanol–water partition coefficient (Wildman–Crippen LogP) is 3.56. The van der Waals surface area contributed by atoms with Crippen LogP contribution < -0.4 is 5.32 Å². The van der Waals surface area contributed by atoms with Gasteiger partial charge in [0.2, 0.25) is 5.91 Å². The molecule has 2 amide bonds. The Labute approximate surface area is 154 Å². The van der Waals surface area contributed by atoms with Crippen molar-refractivity contribution >= 4 is 17.5 Å². The molecule has 27 heavy (non-hydrogen) atoms. The number of ether oxygens (including phenoxy) is 1. The number of nitrogens with one attached hydrogen (secondary N) is 1. The average Bonchev–Trinajstić information content (AvgIpc) is 2.61. The van der Waals surface area contributed by atoms with Gasteiger partial charge in [0.15, 0.2) is 0 Å². The first-order chi connectivity index (χ1) is 12.7. The standard InChI is InChI=1S/C19H19F3N2O3/c1-24(18(26)14-7-5-6-13(10-14)12-27-2)11-17(25)23-16-9-4-3-8-15(16)19(20,21)22/h3-10H,11-12H2,1-2H3,(H,23,25). The summed E-state index contributed by atoms with van der Waals surface area (Å²) in [5.74, 6) is -1.15. The lowest BCUT2D eigenvalue weighted by Crippen LogP contribution is -2.35. The van der Waals surface area contributed by atoms with E-state index in [1.54, 1.807) is 24.3 Å². The van der Waals surface area contributed by atoms with E-state index in [0.29, 0.717) is 12.2 Å². The van der Waals surface area contributed by atoms with Gasteiger partial charge in [0.25, 0.3) is 5.91 Å². The molecule has 0 aromatic heterocycles. The number of hydrogen-bond acceptors (Lipinski definition) is 3. The third-order valence-electron chi connectivity index (χ3n) is 3.72. The zero-order valence-electron chi connectivity index (χ0n) is 14.8. The Bertz CT molecular complexity index is 822. The first kappa shape index (κ1) is 20.4. The molecule has 0 fully saturated rings. The summed E-state index contributed by atoms with van der Waals surface area (Å²) in [4.78, 5) is 25.7. The average molecular weight is 380 g/mol. The van der Waals surface area contributed by atoms with Crippen LogP contribution in [0.25, 0.3) is 0 Å². The molecule has 0 saturated heterocycles. The smallest absolute Gasteiger partial charge is 0.380 e. The Morgan fingerprint density at radius 1 is 1.11 bits per heavy atom. The van der Waals surface area contributed by atoms with Gasteiger partial charge in [-0.15, -0.1) is 0 Å². The predicted molar refractivity (Wildman–Crippen MR) is 94.2 cm³/mol. The van der Waals surface area contributed by atoms with E-state index in [0.717, 1.165) is 22.6 Å². The summed E-state index contributed by atoms with van der Waals surface area (Å²) in [6.45, 7) is -0.0565.